The van der Waals surface area contributed by atoms with Gasteiger partial charge in [0.25, 0.3) is 0 Å². The van der Waals surface area contributed by atoms with Crippen LogP contribution in [-0.2, 0) is 6.54 Å². The number of methoxy groups -OCH3 is 1. The molecule has 0 aliphatic rings. The molecule has 0 unspecified atom stereocenters. The highest BCUT2D eigenvalue weighted by molar-refractivity contribution is 5.54. The molecule has 3 N–H and O–H groups in total. The van der Waals surface area contributed by atoms with E-state index < -0.39 is 0 Å². The van der Waals surface area contributed by atoms with Crippen LogP contribution in [0, 0.1) is 0 Å². The van der Waals surface area contributed by atoms with Crippen LogP contribution in [-0.4, -0.2) is 22.4 Å². The van der Waals surface area contributed by atoms with E-state index in [1.165, 1.54) is 7.11 Å². The highest BCUT2D eigenvalue weighted by atomic mass is 16.5. The molecule has 0 atom stereocenters. The summed E-state index contributed by atoms with van der Waals surface area (Å²) in [6, 6.07) is 7.06. The van der Waals surface area contributed by atoms with Crippen LogP contribution in [0.2, 0.25) is 0 Å². The lowest BCUT2D eigenvalue weighted by Gasteiger charge is -2.07. The summed E-state index contributed by atoms with van der Waals surface area (Å²) in [5, 5.41) is 19.4. The zero-order chi connectivity index (χ0) is 11.4. The second kappa shape index (κ2) is 4.57. The number of aromatic hydroxyl groups is 1. The fourth-order valence-corrected chi connectivity index (χ4v) is 1.38. The molecule has 5 heteroatoms. The summed E-state index contributed by atoms with van der Waals surface area (Å²) in [5.74, 6) is 0.587. The molecule has 5 nitrogen and oxygen atoms in total. The summed E-state index contributed by atoms with van der Waals surface area (Å²) < 4.78 is 4.96. The van der Waals surface area contributed by atoms with Gasteiger partial charge in [-0.2, -0.15) is 5.10 Å². The quantitative estimate of drug-likeness (QED) is 0.732. The van der Waals surface area contributed by atoms with Crippen LogP contribution in [0.25, 0.3) is 0 Å². The van der Waals surface area contributed by atoms with Gasteiger partial charge in [0, 0.05) is 18.0 Å². The van der Waals surface area contributed by atoms with Gasteiger partial charge in [-0.3, -0.25) is 5.10 Å². The molecule has 2 rings (SSSR count). The molecule has 0 fully saturated rings. The van der Waals surface area contributed by atoms with Crippen molar-refractivity contribution in [3.8, 4) is 11.5 Å². The van der Waals surface area contributed by atoms with Crippen molar-refractivity contribution in [1.29, 1.82) is 0 Å². The van der Waals surface area contributed by atoms with Crippen molar-refractivity contribution < 1.29 is 9.84 Å². The van der Waals surface area contributed by atoms with Crippen LogP contribution in [0.15, 0.2) is 30.5 Å². The number of hydrogen-bond acceptors (Lipinski definition) is 4. The number of nitrogens with one attached hydrogen (secondary N) is 2. The fraction of sp³-hybridized carbons (Fsp3) is 0.182. The molecular weight excluding hydrogens is 206 g/mol. The standard InChI is InChI=1S/C11H13N3O2/c1-16-11-3-2-8(6-10(11)15)12-7-9-4-5-13-14-9/h2-6,12,15H,7H2,1H3,(H,13,14). The number of anilines is 1. The smallest absolute Gasteiger partial charge is 0.160 e. The molecule has 2 aromatic rings. The summed E-state index contributed by atoms with van der Waals surface area (Å²) in [6.45, 7) is 0.631. The first-order valence-electron chi connectivity index (χ1n) is 4.88. The van der Waals surface area contributed by atoms with E-state index in [1.54, 1.807) is 18.3 Å². The summed E-state index contributed by atoms with van der Waals surface area (Å²) in [5.41, 5.74) is 1.81. The lowest BCUT2D eigenvalue weighted by molar-refractivity contribution is 0.373. The van der Waals surface area contributed by atoms with E-state index in [2.05, 4.69) is 15.5 Å². The number of nitrogens with zero attached hydrogens (tertiary/aromatic N) is 1. The first-order chi connectivity index (χ1) is 7.79. The predicted octanol–water partition coefficient (Wildman–Crippen LogP) is 1.74. The van der Waals surface area contributed by atoms with E-state index in [0.717, 1.165) is 11.4 Å². The molecule has 0 amide bonds. The van der Waals surface area contributed by atoms with Crippen LogP contribution in [0.5, 0.6) is 11.5 Å². The maximum absolute atomic E-state index is 9.56. The van der Waals surface area contributed by atoms with E-state index in [9.17, 15) is 5.11 Å². The third-order valence-electron chi connectivity index (χ3n) is 2.22. The van der Waals surface area contributed by atoms with Crippen molar-refractivity contribution in [3.05, 3.63) is 36.2 Å². The highest BCUT2D eigenvalue weighted by Crippen LogP contribution is 2.28. The monoisotopic (exact) mass is 219 g/mol. The number of phenols is 1. The number of rotatable bonds is 4. The summed E-state index contributed by atoms with van der Waals surface area (Å²) >= 11 is 0. The number of H-pyrrole nitrogens is 1. The molecule has 0 aliphatic heterocycles. The van der Waals surface area contributed by atoms with E-state index in [0.29, 0.717) is 12.3 Å². The minimum atomic E-state index is 0.122. The minimum absolute atomic E-state index is 0.122. The molecule has 0 bridgehead atoms. The molecular formula is C11H13N3O2. The van der Waals surface area contributed by atoms with Crippen molar-refractivity contribution in [2.24, 2.45) is 0 Å². The Bertz CT molecular complexity index is 454. The lowest BCUT2D eigenvalue weighted by Crippen LogP contribution is -1.99. The average molecular weight is 219 g/mol. The summed E-state index contributed by atoms with van der Waals surface area (Å²) in [7, 11) is 1.52. The number of aromatic nitrogens is 2. The summed E-state index contributed by atoms with van der Waals surface area (Å²) in [6.07, 6.45) is 1.70. The van der Waals surface area contributed by atoms with Gasteiger partial charge in [-0.25, -0.2) is 0 Å². The fourth-order valence-electron chi connectivity index (χ4n) is 1.38. The zero-order valence-electron chi connectivity index (χ0n) is 8.90. The maximum Gasteiger partial charge on any atom is 0.160 e. The van der Waals surface area contributed by atoms with Crippen LogP contribution in [0.1, 0.15) is 5.69 Å². The molecule has 84 valence electrons. The Morgan fingerprint density at radius 1 is 1.44 bits per heavy atom. The van der Waals surface area contributed by atoms with E-state index >= 15 is 0 Å². The van der Waals surface area contributed by atoms with Crippen LogP contribution in [0.3, 0.4) is 0 Å². The van der Waals surface area contributed by atoms with E-state index in [-0.39, 0.29) is 5.75 Å². The van der Waals surface area contributed by atoms with Gasteiger partial charge in [-0.05, 0) is 18.2 Å². The van der Waals surface area contributed by atoms with Crippen LogP contribution < -0.4 is 10.1 Å². The largest absolute Gasteiger partial charge is 0.504 e. The molecule has 1 aromatic carbocycles. The van der Waals surface area contributed by atoms with Crippen molar-refractivity contribution in [1.82, 2.24) is 10.2 Å². The molecule has 1 heterocycles. The lowest BCUT2D eigenvalue weighted by atomic mass is 10.2. The van der Waals surface area contributed by atoms with Gasteiger partial charge in [0.2, 0.25) is 0 Å². The first-order valence-corrected chi connectivity index (χ1v) is 4.88. The minimum Gasteiger partial charge on any atom is -0.504 e. The Labute approximate surface area is 93.1 Å². The zero-order valence-corrected chi connectivity index (χ0v) is 8.90. The second-order valence-electron chi connectivity index (χ2n) is 3.32. The van der Waals surface area contributed by atoms with Gasteiger partial charge in [0.1, 0.15) is 0 Å². The molecule has 0 saturated heterocycles. The SMILES string of the molecule is COc1ccc(NCc2ccn[nH]2)cc1O. The van der Waals surface area contributed by atoms with Crippen molar-refractivity contribution in [2.45, 2.75) is 6.54 Å². The molecule has 1 aromatic heterocycles. The van der Waals surface area contributed by atoms with E-state index in [4.69, 9.17) is 4.74 Å². The third-order valence-corrected chi connectivity index (χ3v) is 2.22. The molecule has 0 radical (unpaired) electrons. The Balaban J connectivity index is 2.02. The summed E-state index contributed by atoms with van der Waals surface area (Å²) in [4.78, 5) is 0. The Kier molecular flexibility index (Phi) is 2.95. The Hall–Kier alpha value is -2.17. The highest BCUT2D eigenvalue weighted by Gasteiger charge is 2.02. The van der Waals surface area contributed by atoms with E-state index in [1.807, 2.05) is 12.1 Å². The van der Waals surface area contributed by atoms with Gasteiger partial charge in [-0.1, -0.05) is 0 Å². The van der Waals surface area contributed by atoms with Gasteiger partial charge < -0.3 is 15.2 Å². The van der Waals surface area contributed by atoms with Gasteiger partial charge >= 0.3 is 0 Å². The van der Waals surface area contributed by atoms with Crippen molar-refractivity contribution >= 4 is 5.69 Å². The average Bonchev–Trinajstić information content (AvgIpc) is 2.79. The first kappa shape index (κ1) is 10.4. The normalized spacial score (nSPS) is 10.1. The van der Waals surface area contributed by atoms with Gasteiger partial charge in [0.15, 0.2) is 11.5 Å². The number of phenolic OH excluding ortho intramolecular Hbond substituents is 1. The van der Waals surface area contributed by atoms with Crippen LogP contribution in [0.4, 0.5) is 5.69 Å². The molecule has 0 saturated carbocycles. The van der Waals surface area contributed by atoms with Gasteiger partial charge in [-0.15, -0.1) is 0 Å². The van der Waals surface area contributed by atoms with Crippen molar-refractivity contribution in [3.63, 3.8) is 0 Å². The maximum atomic E-state index is 9.56. The third kappa shape index (κ3) is 2.25. The Morgan fingerprint density at radius 2 is 2.31 bits per heavy atom. The number of benzene rings is 1. The Morgan fingerprint density at radius 3 is 2.94 bits per heavy atom. The second-order valence-corrected chi connectivity index (χ2v) is 3.32. The molecule has 0 spiro atoms. The number of ether oxygens (including phenoxy) is 1. The molecule has 0 aliphatic carbocycles. The number of hydrogen-bond donors (Lipinski definition) is 3. The van der Waals surface area contributed by atoms with Crippen LogP contribution >= 0.6 is 0 Å². The number of aromatic amines is 1. The predicted molar refractivity (Wildman–Crippen MR) is 60.6 cm³/mol. The topological polar surface area (TPSA) is 70.2 Å². The molecule has 16 heavy (non-hydrogen) atoms. The van der Waals surface area contributed by atoms with Gasteiger partial charge in [0.05, 0.1) is 19.3 Å². The van der Waals surface area contributed by atoms with Crippen molar-refractivity contribution in [2.75, 3.05) is 12.4 Å².